The summed E-state index contributed by atoms with van der Waals surface area (Å²) in [6, 6.07) is 0. The summed E-state index contributed by atoms with van der Waals surface area (Å²) in [6.07, 6.45) is 0. The first-order valence-corrected chi connectivity index (χ1v) is 3.05. The van der Waals surface area contributed by atoms with Crippen molar-refractivity contribution in [3.05, 3.63) is 24.6 Å². The van der Waals surface area contributed by atoms with Crippen molar-refractivity contribution >= 4 is 0 Å². The number of quaternary nitrogens is 1. The highest BCUT2D eigenvalue weighted by atomic mass is 15.3. The number of hydrogen-bond acceptors (Lipinski definition) is 0. The molecule has 0 heterocycles. The maximum atomic E-state index is 3.86. The first kappa shape index (κ1) is 8.44. The van der Waals surface area contributed by atoms with Gasteiger partial charge in [0.05, 0.1) is 14.1 Å². The third kappa shape index (κ3) is 1.68. The van der Waals surface area contributed by atoms with Crippen LogP contribution in [0.2, 0.25) is 0 Å². The van der Waals surface area contributed by atoms with Crippen LogP contribution in [0.5, 0.6) is 0 Å². The second-order valence-corrected chi connectivity index (χ2v) is 2.92. The summed E-state index contributed by atoms with van der Waals surface area (Å²) in [4.78, 5) is 0. The summed E-state index contributed by atoms with van der Waals surface area (Å²) in [5.41, 5.74) is 2.23. The molecule has 0 fully saturated rings. The molecule has 0 N–H and O–H groups in total. The van der Waals surface area contributed by atoms with Crippen molar-refractivity contribution in [2.45, 2.75) is 13.8 Å². The third-order valence-electron chi connectivity index (χ3n) is 1.91. The van der Waals surface area contributed by atoms with Crippen LogP contribution in [0.3, 0.4) is 0 Å². The largest absolute Gasteiger partial charge is 0.272 e. The molecule has 0 aliphatic rings. The van der Waals surface area contributed by atoms with Gasteiger partial charge in [0, 0.05) is 13.8 Å². The molecule has 0 aliphatic carbocycles. The van der Waals surface area contributed by atoms with Crippen LogP contribution in [0.4, 0.5) is 0 Å². The molecule has 0 aromatic heterocycles. The smallest absolute Gasteiger partial charge is 0.103 e. The zero-order valence-corrected chi connectivity index (χ0v) is 6.86. The Labute approximate surface area is 57.9 Å². The Bertz CT molecular complexity index is 127. The Balaban J connectivity index is 4.38. The molecular formula is C8H16N+. The van der Waals surface area contributed by atoms with Crippen molar-refractivity contribution in [3.63, 3.8) is 0 Å². The minimum Gasteiger partial charge on any atom is -0.272 e. The Morgan fingerprint density at radius 2 is 1.22 bits per heavy atom. The van der Waals surface area contributed by atoms with Crippen molar-refractivity contribution in [1.82, 2.24) is 0 Å². The summed E-state index contributed by atoms with van der Waals surface area (Å²) in [5, 5.41) is 0. The van der Waals surface area contributed by atoms with Crippen LogP contribution in [-0.4, -0.2) is 18.6 Å². The molecular weight excluding hydrogens is 110 g/mol. The van der Waals surface area contributed by atoms with E-state index in [2.05, 4.69) is 27.3 Å². The number of rotatable bonds is 2. The van der Waals surface area contributed by atoms with Gasteiger partial charge in [-0.25, -0.2) is 0 Å². The summed E-state index contributed by atoms with van der Waals surface area (Å²) in [6.45, 7) is 11.7. The van der Waals surface area contributed by atoms with E-state index >= 15 is 0 Å². The standard InChI is InChI=1S/C8H16N/c1-7(2)9(5,6)8(3)4/h1,3H2,2,4-6H3/q+1. The fourth-order valence-corrected chi connectivity index (χ4v) is 0.326. The minimum absolute atomic E-state index is 0.722. The quantitative estimate of drug-likeness (QED) is 0.497. The molecule has 0 rings (SSSR count). The molecule has 1 nitrogen and oxygen atoms in total. The Hall–Kier alpha value is -0.560. The summed E-state index contributed by atoms with van der Waals surface area (Å²) in [5.74, 6) is 0. The van der Waals surface area contributed by atoms with E-state index in [1.165, 1.54) is 0 Å². The van der Waals surface area contributed by atoms with Gasteiger partial charge >= 0.3 is 0 Å². The molecule has 0 aromatic rings. The van der Waals surface area contributed by atoms with Gasteiger partial charge in [-0.05, 0) is 13.2 Å². The van der Waals surface area contributed by atoms with Gasteiger partial charge < -0.3 is 0 Å². The van der Waals surface area contributed by atoms with E-state index in [0.717, 1.165) is 15.9 Å². The molecule has 0 bridgehead atoms. The maximum Gasteiger partial charge on any atom is 0.103 e. The van der Waals surface area contributed by atoms with Crippen molar-refractivity contribution in [2.24, 2.45) is 0 Å². The van der Waals surface area contributed by atoms with Gasteiger partial charge in [0.1, 0.15) is 11.4 Å². The lowest BCUT2D eigenvalue weighted by atomic mass is 10.3. The van der Waals surface area contributed by atoms with Crippen LogP contribution in [-0.2, 0) is 0 Å². The highest BCUT2D eigenvalue weighted by Crippen LogP contribution is 2.14. The lowest BCUT2D eigenvalue weighted by Gasteiger charge is -2.28. The molecule has 9 heavy (non-hydrogen) atoms. The third-order valence-corrected chi connectivity index (χ3v) is 1.91. The highest BCUT2D eigenvalue weighted by molar-refractivity contribution is 4.86. The monoisotopic (exact) mass is 126 g/mol. The van der Waals surface area contributed by atoms with Crippen LogP contribution in [0, 0.1) is 0 Å². The molecule has 0 aliphatic heterocycles. The maximum absolute atomic E-state index is 3.86. The van der Waals surface area contributed by atoms with E-state index in [9.17, 15) is 0 Å². The average molecular weight is 126 g/mol. The molecule has 0 atom stereocenters. The van der Waals surface area contributed by atoms with Crippen molar-refractivity contribution in [2.75, 3.05) is 14.1 Å². The first-order chi connectivity index (χ1) is 3.89. The molecule has 0 spiro atoms. The molecule has 52 valence electrons. The van der Waals surface area contributed by atoms with Crippen LogP contribution < -0.4 is 0 Å². The summed E-state index contributed by atoms with van der Waals surface area (Å²) >= 11 is 0. The van der Waals surface area contributed by atoms with Gasteiger partial charge in [-0.3, -0.25) is 4.48 Å². The number of hydrogen-bond donors (Lipinski definition) is 0. The topological polar surface area (TPSA) is 0 Å². The molecule has 0 saturated heterocycles. The van der Waals surface area contributed by atoms with E-state index in [-0.39, 0.29) is 0 Å². The molecule has 0 unspecified atom stereocenters. The van der Waals surface area contributed by atoms with Crippen LogP contribution in [0.1, 0.15) is 13.8 Å². The fraction of sp³-hybridized carbons (Fsp3) is 0.500. The Kier molecular flexibility index (Phi) is 2.21. The normalized spacial score (nSPS) is 11.1. The molecule has 1 heteroatoms. The SMILES string of the molecule is C=C(C)[N+](C)(C)C(=C)C. The van der Waals surface area contributed by atoms with Gasteiger partial charge in [-0.1, -0.05) is 0 Å². The predicted molar refractivity (Wildman–Crippen MR) is 41.7 cm³/mol. The lowest BCUT2D eigenvalue weighted by Crippen LogP contribution is -2.34. The zero-order chi connectivity index (χ0) is 7.65. The molecule has 0 radical (unpaired) electrons. The van der Waals surface area contributed by atoms with Crippen molar-refractivity contribution in [3.8, 4) is 0 Å². The van der Waals surface area contributed by atoms with E-state index in [1.54, 1.807) is 0 Å². The lowest BCUT2D eigenvalue weighted by molar-refractivity contribution is -0.812. The molecule has 0 aromatic carbocycles. The van der Waals surface area contributed by atoms with E-state index in [1.807, 2.05) is 13.8 Å². The summed E-state index contributed by atoms with van der Waals surface area (Å²) in [7, 11) is 4.15. The molecule has 0 saturated carbocycles. The first-order valence-electron chi connectivity index (χ1n) is 3.05. The minimum atomic E-state index is 0.722. The van der Waals surface area contributed by atoms with Crippen LogP contribution in [0.25, 0.3) is 0 Å². The Morgan fingerprint density at radius 1 is 1.00 bits per heavy atom. The Morgan fingerprint density at radius 3 is 1.22 bits per heavy atom. The molecule has 0 amide bonds. The van der Waals surface area contributed by atoms with E-state index in [4.69, 9.17) is 0 Å². The second kappa shape index (κ2) is 2.36. The fourth-order valence-electron chi connectivity index (χ4n) is 0.326. The van der Waals surface area contributed by atoms with E-state index < -0.39 is 0 Å². The number of nitrogens with zero attached hydrogens (tertiary/aromatic N) is 1. The van der Waals surface area contributed by atoms with Crippen molar-refractivity contribution in [1.29, 1.82) is 0 Å². The van der Waals surface area contributed by atoms with Crippen LogP contribution >= 0.6 is 0 Å². The van der Waals surface area contributed by atoms with Crippen molar-refractivity contribution < 1.29 is 4.48 Å². The van der Waals surface area contributed by atoms with Gasteiger partial charge in [0.25, 0.3) is 0 Å². The predicted octanol–water partition coefficient (Wildman–Crippen LogP) is 2.13. The summed E-state index contributed by atoms with van der Waals surface area (Å²) < 4.78 is 0.722. The average Bonchev–Trinajstić information content (AvgIpc) is 1.65. The van der Waals surface area contributed by atoms with Crippen LogP contribution in [0.15, 0.2) is 24.6 Å². The zero-order valence-electron chi connectivity index (χ0n) is 6.86. The second-order valence-electron chi connectivity index (χ2n) is 2.92. The van der Waals surface area contributed by atoms with Gasteiger partial charge in [0.15, 0.2) is 0 Å². The van der Waals surface area contributed by atoms with Gasteiger partial charge in [-0.15, -0.1) is 0 Å². The van der Waals surface area contributed by atoms with Gasteiger partial charge in [0.2, 0.25) is 0 Å². The van der Waals surface area contributed by atoms with E-state index in [0.29, 0.717) is 0 Å². The highest BCUT2D eigenvalue weighted by Gasteiger charge is 2.16. The van der Waals surface area contributed by atoms with Gasteiger partial charge in [-0.2, -0.15) is 0 Å². The number of allylic oxidation sites excluding steroid dienone is 2.